The van der Waals surface area contributed by atoms with Crippen LogP contribution in [0.1, 0.15) is 50.5 Å². The number of carbonyl (C=O) groups is 3. The molecule has 7 heteroatoms. The van der Waals surface area contributed by atoms with Crippen LogP contribution in [0.4, 0.5) is 0 Å². The van der Waals surface area contributed by atoms with Gasteiger partial charge in [-0.1, -0.05) is 49.6 Å². The van der Waals surface area contributed by atoms with Crippen LogP contribution in [0.3, 0.4) is 0 Å². The van der Waals surface area contributed by atoms with Crippen molar-refractivity contribution < 1.29 is 19.1 Å². The van der Waals surface area contributed by atoms with Crippen LogP contribution in [0.15, 0.2) is 30.3 Å². The van der Waals surface area contributed by atoms with Gasteiger partial charge in [0.25, 0.3) is 5.91 Å². The third-order valence-electron chi connectivity index (χ3n) is 6.28. The van der Waals surface area contributed by atoms with Crippen molar-refractivity contribution in [1.29, 1.82) is 0 Å². The van der Waals surface area contributed by atoms with Gasteiger partial charge in [-0.2, -0.15) is 0 Å². The normalized spacial score (nSPS) is 27.0. The highest BCUT2D eigenvalue weighted by molar-refractivity contribution is 8.00. The van der Waals surface area contributed by atoms with E-state index in [0.717, 1.165) is 18.4 Å². The number of fused-ring (bicyclic) bond motifs is 1. The second-order valence-corrected chi connectivity index (χ2v) is 9.45. The molecule has 1 saturated carbocycles. The first-order chi connectivity index (χ1) is 14.1. The number of esters is 1. The highest BCUT2D eigenvalue weighted by Crippen LogP contribution is 2.54. The van der Waals surface area contributed by atoms with Gasteiger partial charge < -0.3 is 15.0 Å². The summed E-state index contributed by atoms with van der Waals surface area (Å²) in [5.74, 6) is 0.240. The number of thioether (sulfide) groups is 1. The molecular formula is C22H28N2O4S. The molecule has 1 aliphatic carbocycles. The lowest BCUT2D eigenvalue weighted by molar-refractivity contribution is -0.156. The van der Waals surface area contributed by atoms with Crippen LogP contribution in [0.25, 0.3) is 0 Å². The zero-order chi connectivity index (χ0) is 20.3. The average molecular weight is 417 g/mol. The Morgan fingerprint density at radius 2 is 1.93 bits per heavy atom. The SMILES string of the molecule is O=C(COC(=O)[C@H]1CS[C@@]2(c3ccccc3)CCC(=O)N12)NCC1CCCCC1. The topological polar surface area (TPSA) is 75.7 Å². The second kappa shape index (κ2) is 8.78. The maximum absolute atomic E-state index is 12.7. The van der Waals surface area contributed by atoms with Gasteiger partial charge in [0.1, 0.15) is 10.9 Å². The Balaban J connectivity index is 1.33. The molecule has 6 nitrogen and oxygen atoms in total. The Bertz CT molecular complexity index is 765. The minimum Gasteiger partial charge on any atom is -0.454 e. The lowest BCUT2D eigenvalue weighted by Crippen LogP contribution is -2.47. The van der Waals surface area contributed by atoms with Crippen LogP contribution in [-0.2, 0) is 24.0 Å². The van der Waals surface area contributed by atoms with E-state index < -0.39 is 16.9 Å². The minimum atomic E-state index is -0.638. The van der Waals surface area contributed by atoms with Crippen molar-refractivity contribution in [3.05, 3.63) is 35.9 Å². The van der Waals surface area contributed by atoms with E-state index in [9.17, 15) is 14.4 Å². The lowest BCUT2D eigenvalue weighted by atomic mass is 9.89. The first-order valence-corrected chi connectivity index (χ1v) is 11.5. The van der Waals surface area contributed by atoms with E-state index in [0.29, 0.717) is 31.1 Å². The molecule has 4 rings (SSSR count). The Morgan fingerprint density at radius 3 is 2.69 bits per heavy atom. The molecule has 1 aromatic rings. The van der Waals surface area contributed by atoms with Crippen molar-refractivity contribution in [1.82, 2.24) is 10.2 Å². The van der Waals surface area contributed by atoms with E-state index in [-0.39, 0.29) is 18.4 Å². The molecule has 0 radical (unpaired) electrons. The molecule has 3 aliphatic rings. The Morgan fingerprint density at radius 1 is 1.17 bits per heavy atom. The van der Waals surface area contributed by atoms with E-state index in [2.05, 4.69) is 5.32 Å². The van der Waals surface area contributed by atoms with Crippen LogP contribution in [0.5, 0.6) is 0 Å². The van der Waals surface area contributed by atoms with Crippen molar-refractivity contribution in [3.8, 4) is 0 Å². The summed E-state index contributed by atoms with van der Waals surface area (Å²) < 4.78 is 5.31. The minimum absolute atomic E-state index is 0.0254. The van der Waals surface area contributed by atoms with Crippen molar-refractivity contribution >= 4 is 29.5 Å². The van der Waals surface area contributed by atoms with Crippen LogP contribution in [0, 0.1) is 5.92 Å². The third kappa shape index (κ3) is 4.15. The lowest BCUT2D eigenvalue weighted by Gasteiger charge is -2.33. The number of nitrogens with one attached hydrogen (secondary N) is 1. The van der Waals surface area contributed by atoms with Crippen molar-refractivity contribution in [2.45, 2.75) is 55.9 Å². The first-order valence-electron chi connectivity index (χ1n) is 10.5. The van der Waals surface area contributed by atoms with Gasteiger partial charge in [-0.15, -0.1) is 11.8 Å². The molecule has 156 valence electrons. The molecule has 2 heterocycles. The van der Waals surface area contributed by atoms with Gasteiger partial charge in [0.05, 0.1) is 0 Å². The summed E-state index contributed by atoms with van der Waals surface area (Å²) in [5.41, 5.74) is 1.04. The number of carbonyl (C=O) groups excluding carboxylic acids is 3. The Kier molecular flexibility index (Phi) is 6.13. The molecule has 2 atom stereocenters. The van der Waals surface area contributed by atoms with E-state index in [1.54, 1.807) is 16.7 Å². The highest BCUT2D eigenvalue weighted by atomic mass is 32.2. The van der Waals surface area contributed by atoms with Crippen LogP contribution in [-0.4, -0.2) is 47.6 Å². The largest absolute Gasteiger partial charge is 0.454 e. The summed E-state index contributed by atoms with van der Waals surface area (Å²) in [6.45, 7) is 0.366. The number of benzene rings is 1. The van der Waals surface area contributed by atoms with Gasteiger partial charge in [-0.3, -0.25) is 9.59 Å². The van der Waals surface area contributed by atoms with Crippen molar-refractivity contribution in [3.63, 3.8) is 0 Å². The number of hydrogen-bond donors (Lipinski definition) is 1. The molecule has 2 amide bonds. The second-order valence-electron chi connectivity index (χ2n) is 8.16. The fraction of sp³-hybridized carbons (Fsp3) is 0.591. The van der Waals surface area contributed by atoms with E-state index in [1.807, 2.05) is 30.3 Å². The predicted molar refractivity (Wildman–Crippen MR) is 111 cm³/mol. The number of ether oxygens (including phenoxy) is 1. The van der Waals surface area contributed by atoms with Gasteiger partial charge >= 0.3 is 5.97 Å². The van der Waals surface area contributed by atoms with Crippen molar-refractivity contribution in [2.75, 3.05) is 18.9 Å². The zero-order valence-electron chi connectivity index (χ0n) is 16.6. The quantitative estimate of drug-likeness (QED) is 0.722. The van der Waals surface area contributed by atoms with Gasteiger partial charge in [-0.05, 0) is 30.7 Å². The molecular weight excluding hydrogens is 388 g/mol. The number of hydrogen-bond acceptors (Lipinski definition) is 5. The molecule has 29 heavy (non-hydrogen) atoms. The maximum Gasteiger partial charge on any atom is 0.330 e. The Hall–Kier alpha value is -2.02. The molecule has 2 aliphatic heterocycles. The molecule has 0 aromatic heterocycles. The summed E-state index contributed by atoms with van der Waals surface area (Å²) in [5, 5.41) is 2.88. The van der Waals surface area contributed by atoms with Crippen LogP contribution >= 0.6 is 11.8 Å². The molecule has 0 bridgehead atoms. The van der Waals surface area contributed by atoms with Gasteiger partial charge in [-0.25, -0.2) is 4.79 Å². The number of rotatable bonds is 6. The fourth-order valence-electron chi connectivity index (χ4n) is 4.75. The van der Waals surface area contributed by atoms with Crippen LogP contribution in [0.2, 0.25) is 0 Å². The highest BCUT2D eigenvalue weighted by Gasteiger charge is 2.57. The maximum atomic E-state index is 12.7. The fourth-order valence-corrected chi connectivity index (χ4v) is 6.39. The first kappa shape index (κ1) is 20.3. The van der Waals surface area contributed by atoms with Crippen LogP contribution < -0.4 is 5.32 Å². The van der Waals surface area contributed by atoms with E-state index >= 15 is 0 Å². The van der Waals surface area contributed by atoms with E-state index in [1.165, 1.54) is 19.3 Å². The molecule has 1 aromatic carbocycles. The summed E-state index contributed by atoms with van der Waals surface area (Å²) in [4.78, 5) is 38.6. The van der Waals surface area contributed by atoms with E-state index in [4.69, 9.17) is 4.74 Å². The molecule has 2 saturated heterocycles. The summed E-state index contributed by atoms with van der Waals surface area (Å²) in [7, 11) is 0. The summed E-state index contributed by atoms with van der Waals surface area (Å²) in [6.07, 6.45) is 7.14. The van der Waals surface area contributed by atoms with Crippen molar-refractivity contribution in [2.24, 2.45) is 5.92 Å². The van der Waals surface area contributed by atoms with Gasteiger partial charge in [0.2, 0.25) is 5.91 Å². The molecule has 0 unspecified atom stereocenters. The third-order valence-corrected chi connectivity index (χ3v) is 7.88. The Labute approximate surface area is 175 Å². The predicted octanol–water partition coefficient (Wildman–Crippen LogP) is 2.82. The monoisotopic (exact) mass is 416 g/mol. The molecule has 0 spiro atoms. The summed E-state index contributed by atoms with van der Waals surface area (Å²) in [6, 6.07) is 9.22. The van der Waals surface area contributed by atoms with Gasteiger partial charge in [0, 0.05) is 18.7 Å². The summed E-state index contributed by atoms with van der Waals surface area (Å²) >= 11 is 1.62. The molecule has 3 fully saturated rings. The standard InChI is InChI=1S/C22H28N2O4S/c25-19(23-13-16-7-3-1-4-8-16)14-28-21(27)18-15-29-22(12-11-20(26)24(18)22)17-9-5-2-6-10-17/h2,5-6,9-10,16,18H,1,3-4,7-8,11-15H2,(H,23,25)/t18-,22-/m1/s1. The zero-order valence-corrected chi connectivity index (χ0v) is 17.4. The number of amides is 2. The van der Waals surface area contributed by atoms with Gasteiger partial charge in [0.15, 0.2) is 6.61 Å². The number of nitrogens with zero attached hydrogens (tertiary/aromatic N) is 1. The molecule has 1 N–H and O–H groups in total. The smallest absolute Gasteiger partial charge is 0.330 e. The average Bonchev–Trinajstić information content (AvgIpc) is 3.31.